The van der Waals surface area contributed by atoms with Crippen LogP contribution in [0, 0.1) is 11.3 Å². The topological polar surface area (TPSA) is 0 Å². The standard InChI is InChI=1S/C10H18/c1-6-8-7(2)9(8)10(3,4)5/h9H,6H2,1-5H3. The summed E-state index contributed by atoms with van der Waals surface area (Å²) in [4.78, 5) is 0. The van der Waals surface area contributed by atoms with Gasteiger partial charge in [-0.15, -0.1) is 0 Å². The van der Waals surface area contributed by atoms with E-state index in [0.717, 1.165) is 5.92 Å². The van der Waals surface area contributed by atoms with Gasteiger partial charge in [0, 0.05) is 5.92 Å². The molecule has 0 aromatic carbocycles. The SMILES string of the molecule is CCC1=C(C)C1C(C)(C)C. The van der Waals surface area contributed by atoms with Crippen molar-refractivity contribution in [3.05, 3.63) is 11.1 Å². The molecule has 0 spiro atoms. The van der Waals surface area contributed by atoms with Gasteiger partial charge in [-0.2, -0.15) is 0 Å². The molecule has 0 N–H and O–H groups in total. The van der Waals surface area contributed by atoms with Crippen LogP contribution in [0.25, 0.3) is 0 Å². The summed E-state index contributed by atoms with van der Waals surface area (Å²) < 4.78 is 0. The summed E-state index contributed by atoms with van der Waals surface area (Å²) >= 11 is 0. The first-order valence-corrected chi connectivity index (χ1v) is 4.18. The minimum absolute atomic E-state index is 0.482. The Morgan fingerprint density at radius 2 is 1.80 bits per heavy atom. The first-order chi connectivity index (χ1) is 4.48. The van der Waals surface area contributed by atoms with Gasteiger partial charge in [-0.1, -0.05) is 38.8 Å². The Morgan fingerprint density at radius 1 is 1.30 bits per heavy atom. The highest BCUT2D eigenvalue weighted by atomic mass is 14.4. The van der Waals surface area contributed by atoms with Crippen molar-refractivity contribution < 1.29 is 0 Å². The van der Waals surface area contributed by atoms with Crippen LogP contribution in [0.15, 0.2) is 11.1 Å². The zero-order valence-electron chi connectivity index (χ0n) is 7.78. The monoisotopic (exact) mass is 138 g/mol. The van der Waals surface area contributed by atoms with Crippen molar-refractivity contribution in [3.63, 3.8) is 0 Å². The molecule has 0 radical (unpaired) electrons. The minimum Gasteiger partial charge on any atom is -0.0658 e. The summed E-state index contributed by atoms with van der Waals surface area (Å²) in [6.45, 7) is 11.5. The molecule has 58 valence electrons. The van der Waals surface area contributed by atoms with Crippen LogP contribution in [-0.2, 0) is 0 Å². The summed E-state index contributed by atoms with van der Waals surface area (Å²) in [6.07, 6.45) is 1.26. The Hall–Kier alpha value is -0.260. The maximum Gasteiger partial charge on any atom is 0.00583 e. The van der Waals surface area contributed by atoms with E-state index < -0.39 is 0 Å². The van der Waals surface area contributed by atoms with Gasteiger partial charge in [-0.25, -0.2) is 0 Å². The third-order valence-electron chi connectivity index (χ3n) is 2.45. The smallest absolute Gasteiger partial charge is 0.00583 e. The quantitative estimate of drug-likeness (QED) is 0.487. The number of allylic oxidation sites excluding steroid dienone is 2. The van der Waals surface area contributed by atoms with Crippen LogP contribution in [0.5, 0.6) is 0 Å². The zero-order chi connectivity index (χ0) is 7.94. The highest BCUT2D eigenvalue weighted by Gasteiger charge is 2.39. The predicted molar refractivity (Wildman–Crippen MR) is 45.9 cm³/mol. The van der Waals surface area contributed by atoms with Gasteiger partial charge in [-0.05, 0) is 18.8 Å². The van der Waals surface area contributed by atoms with E-state index in [1.807, 2.05) is 0 Å². The lowest BCUT2D eigenvalue weighted by molar-refractivity contribution is 0.359. The van der Waals surface area contributed by atoms with Gasteiger partial charge in [0.05, 0.1) is 0 Å². The summed E-state index contributed by atoms with van der Waals surface area (Å²) in [5.74, 6) is 0.831. The number of hydrogen-bond acceptors (Lipinski definition) is 0. The van der Waals surface area contributed by atoms with Crippen molar-refractivity contribution in [1.29, 1.82) is 0 Å². The Balaban J connectivity index is 2.56. The molecule has 0 bridgehead atoms. The molecule has 0 heterocycles. The fourth-order valence-electron chi connectivity index (χ4n) is 2.05. The lowest BCUT2D eigenvalue weighted by atomic mass is 9.85. The van der Waals surface area contributed by atoms with Gasteiger partial charge in [0.2, 0.25) is 0 Å². The van der Waals surface area contributed by atoms with Gasteiger partial charge >= 0.3 is 0 Å². The van der Waals surface area contributed by atoms with E-state index in [2.05, 4.69) is 34.6 Å². The molecule has 1 aliphatic rings. The minimum atomic E-state index is 0.482. The van der Waals surface area contributed by atoms with Gasteiger partial charge < -0.3 is 0 Å². The Kier molecular flexibility index (Phi) is 1.66. The van der Waals surface area contributed by atoms with Crippen LogP contribution in [0.1, 0.15) is 41.0 Å². The van der Waals surface area contributed by atoms with Gasteiger partial charge in [0.25, 0.3) is 0 Å². The van der Waals surface area contributed by atoms with E-state index >= 15 is 0 Å². The largest absolute Gasteiger partial charge is 0.0658 e. The molecule has 1 atom stereocenters. The molecule has 0 aromatic heterocycles. The van der Waals surface area contributed by atoms with Crippen molar-refractivity contribution in [2.24, 2.45) is 11.3 Å². The fraction of sp³-hybridized carbons (Fsp3) is 0.800. The molecule has 1 aliphatic carbocycles. The van der Waals surface area contributed by atoms with Gasteiger partial charge in [0.1, 0.15) is 0 Å². The van der Waals surface area contributed by atoms with E-state index in [1.54, 1.807) is 11.1 Å². The Labute approximate surface area is 64.3 Å². The summed E-state index contributed by atoms with van der Waals surface area (Å²) in [5, 5.41) is 0. The second-order valence-corrected chi connectivity index (χ2v) is 4.36. The Bertz CT molecular complexity index is 167. The van der Waals surface area contributed by atoms with E-state index in [1.165, 1.54) is 6.42 Å². The van der Waals surface area contributed by atoms with Crippen molar-refractivity contribution in [1.82, 2.24) is 0 Å². The molecule has 0 aliphatic heterocycles. The third kappa shape index (κ3) is 1.12. The average Bonchev–Trinajstić information content (AvgIpc) is 2.39. The molecule has 10 heavy (non-hydrogen) atoms. The molecule has 0 saturated carbocycles. The highest BCUT2D eigenvalue weighted by Crippen LogP contribution is 2.51. The van der Waals surface area contributed by atoms with Crippen molar-refractivity contribution in [2.75, 3.05) is 0 Å². The van der Waals surface area contributed by atoms with E-state index in [-0.39, 0.29) is 0 Å². The van der Waals surface area contributed by atoms with E-state index in [4.69, 9.17) is 0 Å². The van der Waals surface area contributed by atoms with Crippen molar-refractivity contribution >= 4 is 0 Å². The third-order valence-corrected chi connectivity index (χ3v) is 2.45. The number of rotatable bonds is 1. The molecule has 1 unspecified atom stereocenters. The van der Waals surface area contributed by atoms with Crippen LogP contribution in [-0.4, -0.2) is 0 Å². The molecule has 0 amide bonds. The first kappa shape index (κ1) is 7.84. The molecule has 0 fully saturated rings. The molecule has 0 saturated heterocycles. The molecular weight excluding hydrogens is 120 g/mol. The zero-order valence-corrected chi connectivity index (χ0v) is 7.78. The summed E-state index contributed by atoms with van der Waals surface area (Å²) in [7, 11) is 0. The maximum absolute atomic E-state index is 2.32. The van der Waals surface area contributed by atoms with Gasteiger partial charge in [0.15, 0.2) is 0 Å². The van der Waals surface area contributed by atoms with Gasteiger partial charge in [-0.3, -0.25) is 0 Å². The van der Waals surface area contributed by atoms with E-state index in [0.29, 0.717) is 5.41 Å². The molecule has 0 nitrogen and oxygen atoms in total. The van der Waals surface area contributed by atoms with Crippen LogP contribution in [0.4, 0.5) is 0 Å². The number of hydrogen-bond donors (Lipinski definition) is 0. The molecular formula is C10H18. The van der Waals surface area contributed by atoms with Crippen LogP contribution in [0.3, 0.4) is 0 Å². The van der Waals surface area contributed by atoms with Crippen molar-refractivity contribution in [3.8, 4) is 0 Å². The molecule has 1 rings (SSSR count). The lowest BCUT2D eigenvalue weighted by Gasteiger charge is -2.19. The second-order valence-electron chi connectivity index (χ2n) is 4.36. The molecule has 0 heteroatoms. The van der Waals surface area contributed by atoms with Crippen LogP contribution >= 0.6 is 0 Å². The Morgan fingerprint density at radius 3 is 1.90 bits per heavy atom. The fourth-order valence-corrected chi connectivity index (χ4v) is 2.05. The lowest BCUT2D eigenvalue weighted by Crippen LogP contribution is -2.10. The average molecular weight is 138 g/mol. The molecule has 0 aromatic rings. The maximum atomic E-state index is 2.32. The highest BCUT2D eigenvalue weighted by molar-refractivity contribution is 5.41. The summed E-state index contributed by atoms with van der Waals surface area (Å²) in [5.41, 5.74) is 3.83. The van der Waals surface area contributed by atoms with Crippen LogP contribution in [0.2, 0.25) is 0 Å². The van der Waals surface area contributed by atoms with E-state index in [9.17, 15) is 0 Å². The normalized spacial score (nSPS) is 25.5. The first-order valence-electron chi connectivity index (χ1n) is 4.18. The second kappa shape index (κ2) is 2.11. The van der Waals surface area contributed by atoms with Crippen LogP contribution < -0.4 is 0 Å². The summed E-state index contributed by atoms with van der Waals surface area (Å²) in [6, 6.07) is 0. The predicted octanol–water partition coefficient (Wildman–Crippen LogP) is 3.39. The van der Waals surface area contributed by atoms with Crippen molar-refractivity contribution in [2.45, 2.75) is 41.0 Å².